The molecule has 0 aliphatic heterocycles. The summed E-state index contributed by atoms with van der Waals surface area (Å²) in [7, 11) is 0. The molecule has 0 fully saturated rings. The van der Waals surface area contributed by atoms with Gasteiger partial charge in [0.25, 0.3) is 0 Å². The summed E-state index contributed by atoms with van der Waals surface area (Å²) in [5.41, 5.74) is 3.93. The molecule has 2 rings (SSSR count). The molecule has 108 valence electrons. The van der Waals surface area contributed by atoms with Crippen molar-refractivity contribution < 1.29 is 4.79 Å². The molecule has 2 aromatic carbocycles. The molecular weight excluding hydrogens is 258 g/mol. The van der Waals surface area contributed by atoms with E-state index in [4.69, 9.17) is 0 Å². The van der Waals surface area contributed by atoms with Gasteiger partial charge >= 0.3 is 0 Å². The van der Waals surface area contributed by atoms with Gasteiger partial charge in [0.15, 0.2) is 0 Å². The molecule has 0 spiro atoms. The predicted molar refractivity (Wildman–Crippen MR) is 89.1 cm³/mol. The van der Waals surface area contributed by atoms with Crippen LogP contribution in [0, 0.1) is 5.92 Å². The second-order valence-electron chi connectivity index (χ2n) is 5.41. The molecule has 0 radical (unpaired) electrons. The van der Waals surface area contributed by atoms with Gasteiger partial charge in [-0.3, -0.25) is 4.79 Å². The van der Waals surface area contributed by atoms with Crippen LogP contribution in [0.3, 0.4) is 0 Å². The first kappa shape index (κ1) is 15.0. The molecule has 1 N–H and O–H groups in total. The Balaban J connectivity index is 2.06. The number of hydrogen-bond acceptors (Lipinski definition) is 1. The summed E-state index contributed by atoms with van der Waals surface area (Å²) >= 11 is 0. The maximum atomic E-state index is 12.4. The zero-order valence-electron chi connectivity index (χ0n) is 12.6. The lowest BCUT2D eigenvalue weighted by molar-refractivity contribution is -0.119. The molecule has 0 aliphatic rings. The van der Waals surface area contributed by atoms with Crippen molar-refractivity contribution in [2.75, 3.05) is 5.32 Å². The van der Waals surface area contributed by atoms with Crippen molar-refractivity contribution in [1.29, 1.82) is 0 Å². The lowest BCUT2D eigenvalue weighted by Gasteiger charge is -2.15. The second-order valence-corrected chi connectivity index (χ2v) is 5.41. The highest BCUT2D eigenvalue weighted by Gasteiger charge is 2.15. The zero-order chi connectivity index (χ0) is 15.2. The minimum Gasteiger partial charge on any atom is -0.325 e. The Hall–Kier alpha value is -2.35. The summed E-state index contributed by atoms with van der Waals surface area (Å²) in [6.45, 7) is 7.85. The number of allylic oxidation sites excluding steroid dienone is 1. The topological polar surface area (TPSA) is 29.1 Å². The molecule has 0 saturated carbocycles. The molecule has 2 aromatic rings. The van der Waals surface area contributed by atoms with E-state index >= 15 is 0 Å². The molecule has 1 unspecified atom stereocenters. The van der Waals surface area contributed by atoms with Crippen LogP contribution < -0.4 is 5.32 Å². The third-order valence-corrected chi connectivity index (χ3v) is 3.48. The van der Waals surface area contributed by atoms with Crippen LogP contribution in [0.1, 0.15) is 25.0 Å². The summed E-state index contributed by atoms with van der Waals surface area (Å²) < 4.78 is 0. The standard InChI is InChI=1S/C19H21NO/c1-14(2)17-11-7-8-12-18(17)20-19(21)15(3)13-16-9-5-4-6-10-16/h4-12,15H,1,13H2,2-3H3,(H,20,21). The maximum absolute atomic E-state index is 12.4. The van der Waals surface area contributed by atoms with Gasteiger partial charge in [-0.25, -0.2) is 0 Å². The van der Waals surface area contributed by atoms with Crippen molar-refractivity contribution in [3.05, 3.63) is 72.3 Å². The minimum absolute atomic E-state index is 0.0348. The Bertz CT molecular complexity index is 631. The van der Waals surface area contributed by atoms with Crippen molar-refractivity contribution in [1.82, 2.24) is 0 Å². The number of carbonyl (C=O) groups excluding carboxylic acids is 1. The van der Waals surface area contributed by atoms with Crippen LogP contribution in [-0.2, 0) is 11.2 Å². The van der Waals surface area contributed by atoms with Crippen molar-refractivity contribution in [3.63, 3.8) is 0 Å². The van der Waals surface area contributed by atoms with Crippen LogP contribution in [0.2, 0.25) is 0 Å². The third-order valence-electron chi connectivity index (χ3n) is 3.48. The average molecular weight is 279 g/mol. The van der Waals surface area contributed by atoms with Crippen molar-refractivity contribution in [3.8, 4) is 0 Å². The van der Waals surface area contributed by atoms with Crippen LogP contribution in [0.15, 0.2) is 61.2 Å². The van der Waals surface area contributed by atoms with Crippen LogP contribution >= 0.6 is 0 Å². The van der Waals surface area contributed by atoms with Gasteiger partial charge in [0.2, 0.25) is 5.91 Å². The zero-order valence-corrected chi connectivity index (χ0v) is 12.6. The van der Waals surface area contributed by atoms with E-state index in [1.807, 2.05) is 68.4 Å². The Labute approximate surface area is 126 Å². The summed E-state index contributed by atoms with van der Waals surface area (Å²) in [4.78, 5) is 12.4. The number of para-hydroxylation sites is 1. The molecule has 21 heavy (non-hydrogen) atoms. The molecule has 1 amide bonds. The fourth-order valence-electron chi connectivity index (χ4n) is 2.28. The van der Waals surface area contributed by atoms with Gasteiger partial charge in [-0.1, -0.05) is 62.0 Å². The SMILES string of the molecule is C=C(C)c1ccccc1NC(=O)C(C)Cc1ccccc1. The van der Waals surface area contributed by atoms with Crippen LogP contribution in [-0.4, -0.2) is 5.91 Å². The highest BCUT2D eigenvalue weighted by Crippen LogP contribution is 2.23. The number of amides is 1. The first-order chi connectivity index (χ1) is 10.1. The summed E-state index contributed by atoms with van der Waals surface area (Å²) in [6, 6.07) is 17.8. The van der Waals surface area contributed by atoms with E-state index in [-0.39, 0.29) is 11.8 Å². The van der Waals surface area contributed by atoms with Crippen LogP contribution in [0.5, 0.6) is 0 Å². The van der Waals surface area contributed by atoms with Crippen LogP contribution in [0.4, 0.5) is 5.69 Å². The van der Waals surface area contributed by atoms with Gasteiger partial charge < -0.3 is 5.32 Å². The van der Waals surface area contributed by atoms with Crippen molar-refractivity contribution >= 4 is 17.2 Å². The van der Waals surface area contributed by atoms with E-state index < -0.39 is 0 Å². The number of rotatable bonds is 5. The number of hydrogen-bond donors (Lipinski definition) is 1. The van der Waals surface area contributed by atoms with Crippen molar-refractivity contribution in [2.45, 2.75) is 20.3 Å². The molecule has 0 aromatic heterocycles. The summed E-state index contributed by atoms with van der Waals surface area (Å²) in [5, 5.41) is 3.01. The Morgan fingerprint density at radius 3 is 2.38 bits per heavy atom. The fraction of sp³-hybridized carbons (Fsp3) is 0.211. The van der Waals surface area contributed by atoms with Gasteiger partial charge in [0, 0.05) is 17.2 Å². The van der Waals surface area contributed by atoms with Gasteiger partial charge in [-0.2, -0.15) is 0 Å². The van der Waals surface area contributed by atoms with Gasteiger partial charge in [0.1, 0.15) is 0 Å². The van der Waals surface area contributed by atoms with E-state index in [9.17, 15) is 4.79 Å². The lowest BCUT2D eigenvalue weighted by atomic mass is 10.00. The predicted octanol–water partition coefficient (Wildman–Crippen LogP) is 4.54. The van der Waals surface area contributed by atoms with Gasteiger partial charge in [0.05, 0.1) is 0 Å². The molecule has 2 nitrogen and oxygen atoms in total. The van der Waals surface area contributed by atoms with E-state index in [0.29, 0.717) is 0 Å². The number of carbonyl (C=O) groups is 1. The molecule has 0 aliphatic carbocycles. The fourth-order valence-corrected chi connectivity index (χ4v) is 2.28. The first-order valence-corrected chi connectivity index (χ1v) is 7.17. The van der Waals surface area contributed by atoms with E-state index in [0.717, 1.165) is 23.2 Å². The Morgan fingerprint density at radius 1 is 1.10 bits per heavy atom. The monoisotopic (exact) mass is 279 g/mol. The van der Waals surface area contributed by atoms with E-state index in [2.05, 4.69) is 11.9 Å². The van der Waals surface area contributed by atoms with Crippen molar-refractivity contribution in [2.24, 2.45) is 5.92 Å². The maximum Gasteiger partial charge on any atom is 0.227 e. The molecule has 1 atom stereocenters. The number of nitrogens with one attached hydrogen (secondary N) is 1. The molecule has 0 heterocycles. The highest BCUT2D eigenvalue weighted by atomic mass is 16.1. The Morgan fingerprint density at radius 2 is 1.71 bits per heavy atom. The normalized spacial score (nSPS) is 11.7. The second kappa shape index (κ2) is 6.89. The Kier molecular flexibility index (Phi) is 4.94. The number of anilines is 1. The third kappa shape index (κ3) is 4.06. The lowest BCUT2D eigenvalue weighted by Crippen LogP contribution is -2.22. The quantitative estimate of drug-likeness (QED) is 0.855. The summed E-state index contributed by atoms with van der Waals surface area (Å²) in [6.07, 6.45) is 0.738. The minimum atomic E-state index is -0.0782. The number of benzene rings is 2. The highest BCUT2D eigenvalue weighted by molar-refractivity contribution is 5.95. The molecule has 2 heteroatoms. The van der Waals surface area contributed by atoms with E-state index in [1.165, 1.54) is 5.56 Å². The smallest absolute Gasteiger partial charge is 0.227 e. The summed E-state index contributed by atoms with van der Waals surface area (Å²) in [5.74, 6) is -0.0434. The largest absolute Gasteiger partial charge is 0.325 e. The van der Waals surface area contributed by atoms with E-state index in [1.54, 1.807) is 0 Å². The average Bonchev–Trinajstić information content (AvgIpc) is 2.48. The molecule has 0 saturated heterocycles. The van der Waals surface area contributed by atoms with Gasteiger partial charge in [-0.15, -0.1) is 0 Å². The van der Waals surface area contributed by atoms with Crippen LogP contribution in [0.25, 0.3) is 5.57 Å². The molecular formula is C19H21NO. The molecule has 0 bridgehead atoms. The first-order valence-electron chi connectivity index (χ1n) is 7.17. The van der Waals surface area contributed by atoms with Gasteiger partial charge in [-0.05, 0) is 30.5 Å².